The van der Waals surface area contributed by atoms with Crippen LogP contribution in [0.3, 0.4) is 0 Å². The van der Waals surface area contributed by atoms with Gasteiger partial charge in [-0.15, -0.1) is 0 Å². The van der Waals surface area contributed by atoms with Crippen molar-refractivity contribution < 1.29 is 5.11 Å². The topological polar surface area (TPSA) is 32.3 Å². The Bertz CT molecular complexity index is 95.1. The van der Waals surface area contributed by atoms with Gasteiger partial charge in [0, 0.05) is 6.04 Å². The first-order valence-electron chi connectivity index (χ1n) is 3.30. The maximum absolute atomic E-state index is 9.31. The zero-order chi connectivity index (χ0) is 6.85. The first kappa shape index (κ1) is 7.32. The van der Waals surface area contributed by atoms with Crippen molar-refractivity contribution in [3.63, 3.8) is 0 Å². The summed E-state index contributed by atoms with van der Waals surface area (Å²) in [5, 5.41) is 9.31. The number of hydrogen-bond acceptors (Lipinski definition) is 2. The van der Waals surface area contributed by atoms with Crippen LogP contribution in [0.1, 0.15) is 19.8 Å². The van der Waals surface area contributed by atoms with Crippen LogP contribution in [0.5, 0.6) is 0 Å². The summed E-state index contributed by atoms with van der Waals surface area (Å²) >= 11 is 5.31. The number of halogens is 1. The summed E-state index contributed by atoms with van der Waals surface area (Å²) in [5.74, 6) is 0.506. The molecular weight excluding hydrogens is 138 g/mol. The van der Waals surface area contributed by atoms with Crippen molar-refractivity contribution in [2.75, 3.05) is 0 Å². The van der Waals surface area contributed by atoms with Gasteiger partial charge in [-0.3, -0.25) is 0 Å². The maximum Gasteiger partial charge on any atom is 0.0731 e. The predicted molar refractivity (Wildman–Crippen MR) is 37.2 cm³/mol. The third kappa shape index (κ3) is 1.81. The summed E-state index contributed by atoms with van der Waals surface area (Å²) in [6, 6.07) is 0.0270. The maximum atomic E-state index is 9.31. The molecule has 3 heteroatoms. The van der Waals surface area contributed by atoms with Crippen molar-refractivity contribution >= 4 is 11.8 Å². The zero-order valence-corrected chi connectivity index (χ0v) is 6.23. The van der Waals surface area contributed by atoms with Gasteiger partial charge in [0.2, 0.25) is 0 Å². The van der Waals surface area contributed by atoms with Crippen molar-refractivity contribution in [3.05, 3.63) is 0 Å². The van der Waals surface area contributed by atoms with Crippen LogP contribution in [0, 0.1) is 5.92 Å². The summed E-state index contributed by atoms with van der Waals surface area (Å²) in [5.41, 5.74) is 0. The summed E-state index contributed by atoms with van der Waals surface area (Å²) in [6.45, 7) is 1.88. The van der Waals surface area contributed by atoms with Gasteiger partial charge in [0.05, 0.1) is 6.10 Å². The molecule has 1 aliphatic rings. The lowest BCUT2D eigenvalue weighted by atomic mass is 10.1. The third-order valence-corrected chi connectivity index (χ3v) is 2.13. The molecule has 0 aromatic rings. The molecule has 0 aromatic carbocycles. The van der Waals surface area contributed by atoms with Gasteiger partial charge in [-0.2, -0.15) is 0 Å². The Hall–Kier alpha value is 0.210. The van der Waals surface area contributed by atoms with Crippen molar-refractivity contribution in [2.45, 2.75) is 31.9 Å². The fourth-order valence-corrected chi connectivity index (χ4v) is 1.04. The molecule has 1 aliphatic carbocycles. The summed E-state index contributed by atoms with van der Waals surface area (Å²) < 4.78 is 0. The minimum Gasteiger partial charge on any atom is -0.391 e. The monoisotopic (exact) mass is 149 g/mol. The lowest BCUT2D eigenvalue weighted by Gasteiger charge is -2.14. The van der Waals surface area contributed by atoms with E-state index in [1.165, 1.54) is 0 Å². The summed E-state index contributed by atoms with van der Waals surface area (Å²) in [7, 11) is 0. The minimum absolute atomic E-state index is 0.0270. The quantitative estimate of drug-likeness (QED) is 0.585. The van der Waals surface area contributed by atoms with E-state index in [0.717, 1.165) is 12.8 Å². The molecule has 0 radical (unpaired) electrons. The number of hydrogen-bond donors (Lipinski definition) is 2. The molecule has 2 nitrogen and oxygen atoms in total. The van der Waals surface area contributed by atoms with Gasteiger partial charge in [0.15, 0.2) is 0 Å². The highest BCUT2D eigenvalue weighted by atomic mass is 35.5. The molecule has 0 saturated heterocycles. The predicted octanol–water partition coefficient (Wildman–Crippen LogP) is 0.889. The third-order valence-electron chi connectivity index (χ3n) is 1.79. The highest BCUT2D eigenvalue weighted by Gasteiger charge is 2.32. The van der Waals surface area contributed by atoms with Crippen molar-refractivity contribution in [1.82, 2.24) is 4.84 Å². The first-order valence-corrected chi connectivity index (χ1v) is 3.67. The molecule has 0 heterocycles. The molecule has 0 spiro atoms. The molecule has 2 N–H and O–H groups in total. The van der Waals surface area contributed by atoms with Crippen molar-refractivity contribution in [1.29, 1.82) is 0 Å². The molecule has 0 aromatic heterocycles. The lowest BCUT2D eigenvalue weighted by molar-refractivity contribution is 0.122. The van der Waals surface area contributed by atoms with E-state index in [1.54, 1.807) is 0 Å². The normalized spacial score (nSPS) is 25.7. The molecule has 0 bridgehead atoms. The molecule has 1 unspecified atom stereocenters. The van der Waals surface area contributed by atoms with Crippen molar-refractivity contribution in [2.24, 2.45) is 5.92 Å². The zero-order valence-electron chi connectivity index (χ0n) is 5.47. The van der Waals surface area contributed by atoms with Gasteiger partial charge >= 0.3 is 0 Å². The van der Waals surface area contributed by atoms with Crippen LogP contribution in [0.2, 0.25) is 0 Å². The standard InChI is InChI=1S/C6H12ClNO/c1-4(8-7)6(9)5-2-3-5/h4-6,8-9H,2-3H2,1H3/t4-,6?/m1/s1. The van der Waals surface area contributed by atoms with E-state index < -0.39 is 0 Å². The van der Waals surface area contributed by atoms with Crippen LogP contribution in [0.15, 0.2) is 0 Å². The van der Waals surface area contributed by atoms with E-state index in [0.29, 0.717) is 5.92 Å². The van der Waals surface area contributed by atoms with E-state index in [1.807, 2.05) is 6.92 Å². The largest absolute Gasteiger partial charge is 0.391 e. The van der Waals surface area contributed by atoms with Gasteiger partial charge in [-0.05, 0) is 37.5 Å². The van der Waals surface area contributed by atoms with Crippen LogP contribution in [-0.4, -0.2) is 17.3 Å². The number of nitrogens with one attached hydrogen (secondary N) is 1. The van der Waals surface area contributed by atoms with Crippen molar-refractivity contribution in [3.8, 4) is 0 Å². The smallest absolute Gasteiger partial charge is 0.0731 e. The average molecular weight is 150 g/mol. The molecule has 1 rings (SSSR count). The molecule has 2 atom stereocenters. The minimum atomic E-state index is -0.248. The number of aliphatic hydroxyl groups excluding tert-OH is 1. The Morgan fingerprint density at radius 2 is 2.22 bits per heavy atom. The van der Waals surface area contributed by atoms with Gasteiger partial charge < -0.3 is 5.11 Å². The Kier molecular flexibility index (Phi) is 2.33. The number of rotatable bonds is 3. The van der Waals surface area contributed by atoms with E-state index in [-0.39, 0.29) is 12.1 Å². The Morgan fingerprint density at radius 3 is 2.56 bits per heavy atom. The molecule has 1 saturated carbocycles. The molecule has 54 valence electrons. The van der Waals surface area contributed by atoms with Gasteiger partial charge in [-0.1, -0.05) is 0 Å². The van der Waals surface area contributed by atoms with Gasteiger partial charge in [0.25, 0.3) is 0 Å². The fraction of sp³-hybridized carbons (Fsp3) is 1.00. The second-order valence-electron chi connectivity index (χ2n) is 2.73. The Balaban J connectivity index is 2.22. The Labute approximate surface area is 60.3 Å². The highest BCUT2D eigenvalue weighted by Crippen LogP contribution is 2.33. The molecule has 0 amide bonds. The molecule has 9 heavy (non-hydrogen) atoms. The van der Waals surface area contributed by atoms with E-state index in [2.05, 4.69) is 4.84 Å². The van der Waals surface area contributed by atoms with E-state index in [9.17, 15) is 5.11 Å². The second kappa shape index (κ2) is 2.86. The molecular formula is C6H12ClNO. The van der Waals surface area contributed by atoms with Crippen LogP contribution in [-0.2, 0) is 0 Å². The first-order chi connectivity index (χ1) is 4.25. The molecule has 1 fully saturated rings. The van der Waals surface area contributed by atoms with E-state index in [4.69, 9.17) is 11.8 Å². The SMILES string of the molecule is C[C@@H](NCl)C(O)C1CC1. The average Bonchev–Trinajstić information content (AvgIpc) is 2.66. The van der Waals surface area contributed by atoms with E-state index >= 15 is 0 Å². The lowest BCUT2D eigenvalue weighted by Crippen LogP contribution is -2.33. The van der Waals surface area contributed by atoms with Crippen LogP contribution in [0.25, 0.3) is 0 Å². The van der Waals surface area contributed by atoms with Crippen LogP contribution < -0.4 is 4.84 Å². The number of aliphatic hydroxyl groups is 1. The van der Waals surface area contributed by atoms with Crippen LogP contribution in [0.4, 0.5) is 0 Å². The summed E-state index contributed by atoms with van der Waals surface area (Å²) in [6.07, 6.45) is 2.07. The van der Waals surface area contributed by atoms with Gasteiger partial charge in [0.1, 0.15) is 0 Å². The summed E-state index contributed by atoms with van der Waals surface area (Å²) in [4.78, 5) is 2.51. The highest BCUT2D eigenvalue weighted by molar-refractivity contribution is 6.13. The second-order valence-corrected chi connectivity index (χ2v) is 2.94. The Morgan fingerprint density at radius 1 is 1.67 bits per heavy atom. The van der Waals surface area contributed by atoms with Gasteiger partial charge in [-0.25, -0.2) is 4.84 Å². The molecule has 0 aliphatic heterocycles. The van der Waals surface area contributed by atoms with Crippen LogP contribution >= 0.6 is 11.8 Å². The fourth-order valence-electron chi connectivity index (χ4n) is 0.911.